The molecule has 1 aromatic heterocycles. The van der Waals surface area contributed by atoms with Gasteiger partial charge in [-0.1, -0.05) is 18.2 Å². The molecule has 7 heteroatoms. The molecule has 0 aliphatic carbocycles. The van der Waals surface area contributed by atoms with E-state index in [2.05, 4.69) is 9.97 Å². The minimum Gasteiger partial charge on any atom is -0.339 e. The Kier molecular flexibility index (Phi) is 5.46. The Morgan fingerprint density at radius 1 is 1.00 bits per heavy atom. The van der Waals surface area contributed by atoms with Gasteiger partial charge in [0.2, 0.25) is 11.9 Å². The molecule has 2 amide bonds. The standard InChI is InChI=1S/C19H23N5O2/c1-3-24(17-7-5-4-6-8-17)19-20-13-16(14-21-19)18(26)23-11-9-22(10-12-23)15(2)25/h4-8,13-14H,3,9-12H2,1-2H3. The van der Waals surface area contributed by atoms with Crippen LogP contribution in [0.3, 0.4) is 0 Å². The molecule has 0 unspecified atom stereocenters. The fourth-order valence-corrected chi connectivity index (χ4v) is 3.03. The van der Waals surface area contributed by atoms with E-state index in [1.54, 1.807) is 29.1 Å². The Balaban J connectivity index is 1.69. The summed E-state index contributed by atoms with van der Waals surface area (Å²) in [5.41, 5.74) is 1.48. The number of amides is 2. The molecule has 2 heterocycles. The van der Waals surface area contributed by atoms with Crippen LogP contribution in [0.2, 0.25) is 0 Å². The monoisotopic (exact) mass is 353 g/mol. The third-order valence-electron chi connectivity index (χ3n) is 4.52. The highest BCUT2D eigenvalue weighted by Crippen LogP contribution is 2.21. The van der Waals surface area contributed by atoms with Crippen LogP contribution >= 0.6 is 0 Å². The molecule has 1 aliphatic heterocycles. The van der Waals surface area contributed by atoms with Crippen molar-refractivity contribution in [2.75, 3.05) is 37.6 Å². The summed E-state index contributed by atoms with van der Waals surface area (Å²) in [5, 5.41) is 0. The lowest BCUT2D eigenvalue weighted by Gasteiger charge is -2.34. The van der Waals surface area contributed by atoms with Gasteiger partial charge in [0.15, 0.2) is 0 Å². The van der Waals surface area contributed by atoms with E-state index < -0.39 is 0 Å². The highest BCUT2D eigenvalue weighted by molar-refractivity contribution is 5.94. The Labute approximate surface area is 153 Å². The van der Waals surface area contributed by atoms with Gasteiger partial charge in [-0.3, -0.25) is 9.59 Å². The number of rotatable bonds is 4. The van der Waals surface area contributed by atoms with Gasteiger partial charge in [0, 0.05) is 57.7 Å². The summed E-state index contributed by atoms with van der Waals surface area (Å²) in [7, 11) is 0. The Morgan fingerprint density at radius 3 is 2.12 bits per heavy atom. The lowest BCUT2D eigenvalue weighted by atomic mass is 10.2. The molecule has 0 bridgehead atoms. The lowest BCUT2D eigenvalue weighted by Crippen LogP contribution is -2.50. The molecule has 0 N–H and O–H groups in total. The van der Waals surface area contributed by atoms with E-state index in [9.17, 15) is 9.59 Å². The minimum atomic E-state index is -0.0949. The zero-order valence-electron chi connectivity index (χ0n) is 15.1. The summed E-state index contributed by atoms with van der Waals surface area (Å²) >= 11 is 0. The summed E-state index contributed by atoms with van der Waals surface area (Å²) in [6.07, 6.45) is 3.15. The van der Waals surface area contributed by atoms with Gasteiger partial charge >= 0.3 is 0 Å². The molecule has 1 aliphatic rings. The molecule has 0 radical (unpaired) electrons. The number of para-hydroxylation sites is 1. The van der Waals surface area contributed by atoms with Gasteiger partial charge in [-0.2, -0.15) is 0 Å². The zero-order chi connectivity index (χ0) is 18.5. The maximum atomic E-state index is 12.6. The second-order valence-corrected chi connectivity index (χ2v) is 6.15. The van der Waals surface area contributed by atoms with E-state index in [1.807, 2.05) is 42.2 Å². The Bertz CT molecular complexity index is 755. The molecule has 1 fully saturated rings. The number of carbonyl (C=O) groups is 2. The maximum Gasteiger partial charge on any atom is 0.257 e. The van der Waals surface area contributed by atoms with E-state index in [1.165, 1.54) is 0 Å². The van der Waals surface area contributed by atoms with Crippen molar-refractivity contribution in [3.8, 4) is 0 Å². The van der Waals surface area contributed by atoms with Gasteiger partial charge in [0.25, 0.3) is 5.91 Å². The van der Waals surface area contributed by atoms with Crippen LogP contribution in [0.5, 0.6) is 0 Å². The number of piperazine rings is 1. The highest BCUT2D eigenvalue weighted by Gasteiger charge is 2.24. The first-order chi connectivity index (χ1) is 12.6. The van der Waals surface area contributed by atoms with Crippen molar-refractivity contribution in [3.63, 3.8) is 0 Å². The predicted octanol–water partition coefficient (Wildman–Crippen LogP) is 1.94. The SMILES string of the molecule is CCN(c1ccccc1)c1ncc(C(=O)N2CCN(C(C)=O)CC2)cn1. The van der Waals surface area contributed by atoms with Crippen LogP contribution in [0.1, 0.15) is 24.2 Å². The van der Waals surface area contributed by atoms with E-state index in [0.717, 1.165) is 12.2 Å². The van der Waals surface area contributed by atoms with Crippen molar-refractivity contribution in [2.24, 2.45) is 0 Å². The van der Waals surface area contributed by atoms with Crippen LogP contribution in [-0.4, -0.2) is 64.3 Å². The molecule has 26 heavy (non-hydrogen) atoms. The molecule has 3 rings (SSSR count). The number of hydrogen-bond acceptors (Lipinski definition) is 5. The number of carbonyl (C=O) groups excluding carboxylic acids is 2. The van der Waals surface area contributed by atoms with E-state index in [0.29, 0.717) is 37.7 Å². The molecular weight excluding hydrogens is 330 g/mol. The Hall–Kier alpha value is -2.96. The number of benzene rings is 1. The molecule has 0 atom stereocenters. The van der Waals surface area contributed by atoms with Crippen LogP contribution < -0.4 is 4.90 Å². The van der Waals surface area contributed by atoms with Crippen LogP contribution in [0.15, 0.2) is 42.7 Å². The summed E-state index contributed by atoms with van der Waals surface area (Å²) in [5.74, 6) is 0.518. The van der Waals surface area contributed by atoms with Gasteiger partial charge in [-0.15, -0.1) is 0 Å². The summed E-state index contributed by atoms with van der Waals surface area (Å²) in [4.78, 5) is 38.3. The number of nitrogens with zero attached hydrogens (tertiary/aromatic N) is 5. The second-order valence-electron chi connectivity index (χ2n) is 6.15. The van der Waals surface area contributed by atoms with E-state index in [-0.39, 0.29) is 11.8 Å². The molecule has 0 saturated carbocycles. The first kappa shape index (κ1) is 17.8. The van der Waals surface area contributed by atoms with Gasteiger partial charge in [-0.05, 0) is 19.1 Å². The number of aromatic nitrogens is 2. The van der Waals surface area contributed by atoms with Gasteiger partial charge in [0.05, 0.1) is 5.56 Å². The predicted molar refractivity (Wildman–Crippen MR) is 99.3 cm³/mol. The van der Waals surface area contributed by atoms with Crippen molar-refractivity contribution in [1.82, 2.24) is 19.8 Å². The van der Waals surface area contributed by atoms with E-state index in [4.69, 9.17) is 0 Å². The molecular formula is C19H23N5O2. The third kappa shape index (κ3) is 3.82. The minimum absolute atomic E-state index is 0.0466. The van der Waals surface area contributed by atoms with Crippen molar-refractivity contribution >= 4 is 23.5 Å². The van der Waals surface area contributed by atoms with Gasteiger partial charge in [0.1, 0.15) is 0 Å². The molecule has 1 aromatic carbocycles. The third-order valence-corrected chi connectivity index (χ3v) is 4.52. The fraction of sp³-hybridized carbons (Fsp3) is 0.368. The molecule has 2 aromatic rings. The van der Waals surface area contributed by atoms with Crippen LogP contribution in [0.4, 0.5) is 11.6 Å². The van der Waals surface area contributed by atoms with Crippen molar-refractivity contribution in [2.45, 2.75) is 13.8 Å². The molecule has 7 nitrogen and oxygen atoms in total. The largest absolute Gasteiger partial charge is 0.339 e. The van der Waals surface area contributed by atoms with Crippen LogP contribution in [0.25, 0.3) is 0 Å². The van der Waals surface area contributed by atoms with Gasteiger partial charge < -0.3 is 14.7 Å². The fourth-order valence-electron chi connectivity index (χ4n) is 3.03. The molecule has 0 spiro atoms. The highest BCUT2D eigenvalue weighted by atomic mass is 16.2. The molecule has 136 valence electrons. The first-order valence-corrected chi connectivity index (χ1v) is 8.79. The van der Waals surface area contributed by atoms with Crippen LogP contribution in [-0.2, 0) is 4.79 Å². The number of anilines is 2. The normalized spacial score (nSPS) is 14.2. The van der Waals surface area contributed by atoms with Gasteiger partial charge in [-0.25, -0.2) is 9.97 Å². The maximum absolute atomic E-state index is 12.6. The zero-order valence-corrected chi connectivity index (χ0v) is 15.1. The summed E-state index contributed by atoms with van der Waals surface area (Å²) in [6.45, 7) is 6.51. The molecule has 1 saturated heterocycles. The summed E-state index contributed by atoms with van der Waals surface area (Å²) < 4.78 is 0. The second kappa shape index (κ2) is 7.95. The van der Waals surface area contributed by atoms with Crippen molar-refractivity contribution in [1.29, 1.82) is 0 Å². The smallest absolute Gasteiger partial charge is 0.257 e. The lowest BCUT2D eigenvalue weighted by molar-refractivity contribution is -0.130. The summed E-state index contributed by atoms with van der Waals surface area (Å²) in [6, 6.07) is 9.90. The Morgan fingerprint density at radius 2 is 1.58 bits per heavy atom. The average Bonchev–Trinajstić information content (AvgIpc) is 2.69. The van der Waals surface area contributed by atoms with Crippen molar-refractivity contribution in [3.05, 3.63) is 48.3 Å². The average molecular weight is 353 g/mol. The first-order valence-electron chi connectivity index (χ1n) is 8.79. The number of hydrogen-bond donors (Lipinski definition) is 0. The quantitative estimate of drug-likeness (QED) is 0.840. The van der Waals surface area contributed by atoms with E-state index >= 15 is 0 Å². The topological polar surface area (TPSA) is 69.6 Å². The van der Waals surface area contributed by atoms with Crippen molar-refractivity contribution < 1.29 is 9.59 Å². The van der Waals surface area contributed by atoms with Crippen LogP contribution in [0, 0.1) is 0 Å².